The number of carbonyl (C=O) groups is 2. The monoisotopic (exact) mass is 486 g/mol. The average Bonchev–Trinajstić information content (AvgIpc) is 3.31. The van der Waals surface area contributed by atoms with Crippen LogP contribution in [-0.4, -0.2) is 23.7 Å². The quantitative estimate of drug-likeness (QED) is 0.308. The Labute approximate surface area is 207 Å². The summed E-state index contributed by atoms with van der Waals surface area (Å²) in [7, 11) is 0. The van der Waals surface area contributed by atoms with Gasteiger partial charge >= 0.3 is 0 Å². The second-order valence-corrected chi connectivity index (χ2v) is 8.64. The lowest BCUT2D eigenvalue weighted by molar-refractivity contribution is -0.122. The van der Waals surface area contributed by atoms with Crippen LogP contribution in [0.5, 0.6) is 23.0 Å². The molecule has 176 valence electrons. The predicted octanol–water partition coefficient (Wildman–Crippen LogP) is 4.76. The van der Waals surface area contributed by atoms with Crippen molar-refractivity contribution >= 4 is 34.8 Å². The number of amides is 2. The van der Waals surface area contributed by atoms with E-state index in [4.69, 9.17) is 26.4 Å². The molecule has 0 aliphatic carbocycles. The number of fused-ring (bicyclic) bond motifs is 1. The molecule has 1 fully saturated rings. The molecule has 2 amide bonds. The highest BCUT2D eigenvalue weighted by atomic mass is 32.1. The van der Waals surface area contributed by atoms with Crippen LogP contribution in [0.25, 0.3) is 0 Å². The number of ether oxygens (including phenoxy) is 3. The van der Waals surface area contributed by atoms with Crippen LogP contribution in [0, 0.1) is 5.92 Å². The molecule has 2 heterocycles. The number of hydrogen-bond acceptors (Lipinski definition) is 6. The molecule has 3 aromatic carbocycles. The van der Waals surface area contributed by atoms with Crippen molar-refractivity contribution in [2.45, 2.75) is 13.3 Å². The molecule has 0 radical (unpaired) electrons. The lowest BCUT2D eigenvalue weighted by Gasteiger charge is -2.29. The zero-order valence-electron chi connectivity index (χ0n) is 18.9. The van der Waals surface area contributed by atoms with Crippen molar-refractivity contribution in [1.29, 1.82) is 0 Å². The van der Waals surface area contributed by atoms with Gasteiger partial charge < -0.3 is 14.2 Å². The maximum Gasteiger partial charge on any atom is 0.269 e. The zero-order chi connectivity index (χ0) is 24.4. The number of nitrogens with one attached hydrogen (secondary N) is 1. The first-order chi connectivity index (χ1) is 17.0. The fraction of sp³-hybridized carbons (Fsp3) is 0.148. The Hall–Kier alpha value is -4.17. The van der Waals surface area contributed by atoms with Gasteiger partial charge in [0.2, 0.25) is 6.79 Å². The van der Waals surface area contributed by atoms with Gasteiger partial charge in [-0.05, 0) is 78.7 Å². The Kier molecular flexibility index (Phi) is 6.20. The molecular formula is C27H22N2O5S. The molecule has 0 saturated carbocycles. The predicted molar refractivity (Wildman–Crippen MR) is 135 cm³/mol. The fourth-order valence-electron chi connectivity index (χ4n) is 3.98. The molecular weight excluding hydrogens is 464 g/mol. The molecule has 1 unspecified atom stereocenters. The van der Waals surface area contributed by atoms with Crippen LogP contribution in [-0.2, 0) is 16.0 Å². The van der Waals surface area contributed by atoms with E-state index >= 15 is 0 Å². The van der Waals surface area contributed by atoms with E-state index in [0.717, 1.165) is 5.56 Å². The second kappa shape index (κ2) is 9.60. The number of anilines is 1. The minimum absolute atomic E-state index is 0.0392. The van der Waals surface area contributed by atoms with Crippen LogP contribution in [0.3, 0.4) is 0 Å². The van der Waals surface area contributed by atoms with Crippen molar-refractivity contribution < 1.29 is 23.8 Å². The number of para-hydroxylation sites is 1. The van der Waals surface area contributed by atoms with Gasteiger partial charge in [-0.3, -0.25) is 19.8 Å². The average molecular weight is 487 g/mol. The summed E-state index contributed by atoms with van der Waals surface area (Å²) in [6.45, 7) is 2.16. The summed E-state index contributed by atoms with van der Waals surface area (Å²) in [5, 5.41) is 2.67. The molecule has 35 heavy (non-hydrogen) atoms. The number of allylic oxidation sites excluding steroid dienone is 1. The van der Waals surface area contributed by atoms with Gasteiger partial charge in [-0.1, -0.05) is 37.3 Å². The lowest BCUT2D eigenvalue weighted by atomic mass is 9.97. The van der Waals surface area contributed by atoms with Crippen LogP contribution in [0.15, 0.2) is 84.4 Å². The minimum atomic E-state index is -0.502. The number of thiocarbonyl (C=S) groups is 1. The number of hydrogen-bond donors (Lipinski definition) is 1. The van der Waals surface area contributed by atoms with Gasteiger partial charge in [-0.15, -0.1) is 0 Å². The van der Waals surface area contributed by atoms with Crippen molar-refractivity contribution in [2.75, 3.05) is 11.7 Å². The Bertz CT molecular complexity index is 1320. The number of nitrogens with zero attached hydrogens (tertiary/aromatic N) is 1. The highest BCUT2D eigenvalue weighted by Gasteiger charge is 2.34. The number of benzene rings is 3. The van der Waals surface area contributed by atoms with Gasteiger partial charge in [0.25, 0.3) is 11.8 Å². The van der Waals surface area contributed by atoms with Crippen molar-refractivity contribution in [3.8, 4) is 23.0 Å². The molecule has 3 aromatic rings. The van der Waals surface area contributed by atoms with Crippen molar-refractivity contribution in [1.82, 2.24) is 5.32 Å². The zero-order valence-corrected chi connectivity index (χ0v) is 19.7. The van der Waals surface area contributed by atoms with E-state index in [0.29, 0.717) is 35.1 Å². The molecule has 1 N–H and O–H groups in total. The van der Waals surface area contributed by atoms with Crippen LogP contribution in [0.1, 0.15) is 12.5 Å². The third-order valence-corrected chi connectivity index (χ3v) is 5.91. The molecule has 7 nitrogen and oxygen atoms in total. The van der Waals surface area contributed by atoms with Gasteiger partial charge in [-0.2, -0.15) is 0 Å². The molecule has 1 atom stereocenters. The van der Waals surface area contributed by atoms with Gasteiger partial charge in [0, 0.05) is 0 Å². The highest BCUT2D eigenvalue weighted by molar-refractivity contribution is 7.80. The van der Waals surface area contributed by atoms with E-state index in [1.807, 2.05) is 55.5 Å². The summed E-state index contributed by atoms with van der Waals surface area (Å²) in [6.07, 6.45) is 2.31. The lowest BCUT2D eigenvalue weighted by Crippen LogP contribution is -2.54. The minimum Gasteiger partial charge on any atom is -0.457 e. The molecule has 5 rings (SSSR count). The molecule has 0 aromatic heterocycles. The van der Waals surface area contributed by atoms with Crippen molar-refractivity contribution in [3.05, 3.63) is 90.0 Å². The van der Waals surface area contributed by atoms with E-state index in [2.05, 4.69) is 5.32 Å². The first-order valence-electron chi connectivity index (χ1n) is 11.1. The molecule has 8 heteroatoms. The van der Waals surface area contributed by atoms with Crippen molar-refractivity contribution in [3.63, 3.8) is 0 Å². The van der Waals surface area contributed by atoms with Crippen LogP contribution in [0.4, 0.5) is 5.69 Å². The molecule has 2 aliphatic rings. The van der Waals surface area contributed by atoms with E-state index in [9.17, 15) is 9.59 Å². The SMILES string of the molecule is CC(/C=C1\C(=O)NC(=S)N(c2ccc(Oc3ccccc3)cc2)C1=O)Cc1ccc2c(c1)OCO2. The van der Waals surface area contributed by atoms with Crippen LogP contribution < -0.4 is 24.4 Å². The Morgan fingerprint density at radius 3 is 2.49 bits per heavy atom. The standard InChI is InChI=1S/C27H22N2O5S/c1-17(13-18-7-12-23-24(15-18)33-16-32-23)14-22-25(30)28-27(35)29(26(22)31)19-8-10-21(11-9-19)34-20-5-3-2-4-6-20/h2-12,14-15,17H,13,16H2,1H3,(H,28,30,35)/b22-14+. The summed E-state index contributed by atoms with van der Waals surface area (Å²) in [4.78, 5) is 27.2. The van der Waals surface area contributed by atoms with Gasteiger partial charge in [0.05, 0.1) is 5.69 Å². The summed E-state index contributed by atoms with van der Waals surface area (Å²) < 4.78 is 16.6. The van der Waals surface area contributed by atoms with E-state index in [1.165, 1.54) is 4.90 Å². The van der Waals surface area contributed by atoms with Crippen LogP contribution >= 0.6 is 12.2 Å². The Balaban J connectivity index is 1.32. The Morgan fingerprint density at radius 1 is 1.00 bits per heavy atom. The first kappa shape index (κ1) is 22.6. The van der Waals surface area contributed by atoms with Gasteiger partial charge in [-0.25, -0.2) is 0 Å². The maximum absolute atomic E-state index is 13.3. The Morgan fingerprint density at radius 2 is 1.71 bits per heavy atom. The van der Waals surface area contributed by atoms with E-state index < -0.39 is 11.8 Å². The number of rotatable bonds is 6. The number of carbonyl (C=O) groups excluding carboxylic acids is 2. The second-order valence-electron chi connectivity index (χ2n) is 8.26. The summed E-state index contributed by atoms with van der Waals surface area (Å²) in [5.74, 6) is 1.68. The third-order valence-electron chi connectivity index (χ3n) is 5.62. The largest absolute Gasteiger partial charge is 0.457 e. The topological polar surface area (TPSA) is 77.1 Å². The summed E-state index contributed by atoms with van der Waals surface area (Å²) in [6, 6.07) is 22.1. The summed E-state index contributed by atoms with van der Waals surface area (Å²) >= 11 is 5.31. The van der Waals surface area contributed by atoms with E-state index in [-0.39, 0.29) is 23.4 Å². The smallest absolute Gasteiger partial charge is 0.269 e. The van der Waals surface area contributed by atoms with Crippen molar-refractivity contribution in [2.24, 2.45) is 5.92 Å². The van der Waals surface area contributed by atoms with Crippen LogP contribution in [0.2, 0.25) is 0 Å². The van der Waals surface area contributed by atoms with E-state index in [1.54, 1.807) is 30.3 Å². The fourth-order valence-corrected chi connectivity index (χ4v) is 4.26. The molecule has 1 saturated heterocycles. The molecule has 0 spiro atoms. The first-order valence-corrected chi connectivity index (χ1v) is 11.5. The molecule has 2 aliphatic heterocycles. The maximum atomic E-state index is 13.3. The third kappa shape index (κ3) is 4.88. The summed E-state index contributed by atoms with van der Waals surface area (Å²) in [5.41, 5.74) is 1.61. The van der Waals surface area contributed by atoms with Gasteiger partial charge in [0.15, 0.2) is 16.6 Å². The molecule has 0 bridgehead atoms. The highest BCUT2D eigenvalue weighted by Crippen LogP contribution is 2.33. The normalized spacial score (nSPS) is 16.9. The van der Waals surface area contributed by atoms with Gasteiger partial charge in [0.1, 0.15) is 17.1 Å².